The molecule has 45 heavy (non-hydrogen) atoms. The zero-order valence-corrected chi connectivity index (χ0v) is 29.6. The van der Waals surface area contributed by atoms with Crippen LogP contribution < -0.4 is 29.6 Å². The van der Waals surface area contributed by atoms with Gasteiger partial charge in [0.1, 0.15) is 13.2 Å². The van der Waals surface area contributed by atoms with E-state index in [0.29, 0.717) is 60.3 Å². The van der Waals surface area contributed by atoms with Crippen LogP contribution in [0.5, 0.6) is 23.0 Å². The predicted octanol–water partition coefficient (Wildman–Crippen LogP) is 3.38. The Labute approximate surface area is 288 Å². The van der Waals surface area contributed by atoms with Gasteiger partial charge in [0.25, 0.3) is 11.8 Å². The van der Waals surface area contributed by atoms with Crippen molar-refractivity contribution in [3.8, 4) is 23.0 Å². The number of carbonyl (C=O) groups excluding carboxylic acids is 4. The van der Waals surface area contributed by atoms with E-state index < -0.39 is 12.5 Å². The molecule has 0 spiro atoms. The molecule has 2 unspecified atom stereocenters. The maximum atomic E-state index is 14.0. The van der Waals surface area contributed by atoms with E-state index in [0.717, 1.165) is 13.6 Å². The highest BCUT2D eigenvalue weighted by molar-refractivity contribution is 14.1. The second kappa shape index (κ2) is 12.0. The van der Waals surface area contributed by atoms with E-state index in [1.165, 1.54) is 13.8 Å². The van der Waals surface area contributed by atoms with Gasteiger partial charge in [0.05, 0.1) is 11.1 Å². The molecule has 2 fully saturated rings. The van der Waals surface area contributed by atoms with Crippen LogP contribution in [0.3, 0.4) is 0 Å². The van der Waals surface area contributed by atoms with E-state index in [-0.39, 0.29) is 47.7 Å². The van der Waals surface area contributed by atoms with Crippen molar-refractivity contribution in [1.82, 2.24) is 20.4 Å². The number of piperidine rings is 2. The van der Waals surface area contributed by atoms with E-state index in [1.807, 2.05) is 9.80 Å². The molecule has 2 aromatic rings. The van der Waals surface area contributed by atoms with E-state index >= 15 is 0 Å². The van der Waals surface area contributed by atoms with Crippen LogP contribution in [0.15, 0.2) is 24.3 Å². The van der Waals surface area contributed by atoms with Gasteiger partial charge in [-0.15, -0.1) is 0 Å². The summed E-state index contributed by atoms with van der Waals surface area (Å²) in [4.78, 5) is 54.9. The molecule has 2 aromatic carbocycles. The van der Waals surface area contributed by atoms with Gasteiger partial charge in [0.2, 0.25) is 24.3 Å². The van der Waals surface area contributed by atoms with Gasteiger partial charge in [0, 0.05) is 58.0 Å². The first kappa shape index (κ1) is 31.9. The second-order valence-electron chi connectivity index (χ2n) is 12.9. The average molecular weight is 844 g/mol. The highest BCUT2D eigenvalue weighted by atomic mass is 127. The lowest BCUT2D eigenvalue weighted by Gasteiger charge is -2.56. The molecule has 2 N–H and O–H groups in total. The molecular formula is C31H34I2N4O8. The number of hydrogen-bond acceptors (Lipinski definition) is 8. The summed E-state index contributed by atoms with van der Waals surface area (Å²) < 4.78 is 24.9. The van der Waals surface area contributed by atoms with Gasteiger partial charge < -0.3 is 39.4 Å². The number of nitrogens with one attached hydrogen (secondary N) is 2. The fourth-order valence-corrected chi connectivity index (χ4v) is 8.38. The second-order valence-corrected chi connectivity index (χ2v) is 15.2. The van der Waals surface area contributed by atoms with Crippen molar-refractivity contribution in [3.05, 3.63) is 42.5 Å². The molecule has 2 bridgehead atoms. The van der Waals surface area contributed by atoms with Crippen LogP contribution in [0, 0.1) is 18.0 Å². The normalized spacial score (nSPS) is 26.5. The van der Waals surface area contributed by atoms with Gasteiger partial charge in [-0.2, -0.15) is 0 Å². The lowest BCUT2D eigenvalue weighted by molar-refractivity contribution is -0.123. The smallest absolute Gasteiger partial charge is 0.255 e. The van der Waals surface area contributed by atoms with E-state index in [1.54, 1.807) is 24.3 Å². The molecule has 0 saturated carbocycles. The van der Waals surface area contributed by atoms with Crippen LogP contribution in [0.4, 0.5) is 0 Å². The third-order valence-corrected chi connectivity index (χ3v) is 10.1. The number of carbonyl (C=O) groups is 4. The van der Waals surface area contributed by atoms with Crippen molar-refractivity contribution in [2.75, 3.05) is 39.4 Å². The summed E-state index contributed by atoms with van der Waals surface area (Å²) in [5.41, 5.74) is 0.347. The van der Waals surface area contributed by atoms with Crippen LogP contribution >= 0.6 is 45.2 Å². The molecule has 2 atom stereocenters. The summed E-state index contributed by atoms with van der Waals surface area (Å²) >= 11 is 4.28. The Kier molecular flexibility index (Phi) is 8.50. The summed E-state index contributed by atoms with van der Waals surface area (Å²) in [7, 11) is 0. The lowest BCUT2D eigenvalue weighted by atomic mass is 9.65. The first-order chi connectivity index (χ1) is 21.2. The molecule has 6 rings (SSSR count). The standard InChI is InChI=1S/C31H34I2N4O8/c1-16(38)34-26-9-42-22-7-20(32)18(5-24(22)44-26)28(40)36-12-30(3)11-31(4,13-36)15-37(14-30)29(41)19-6-25-23(8-21(19)33)43-10-27(45-25)35-17(2)39/h5-8,26-27H,9-15H2,1-4H3,(H,34,38)(H,35,39). The lowest BCUT2D eigenvalue weighted by Crippen LogP contribution is -2.64. The van der Waals surface area contributed by atoms with Gasteiger partial charge in [-0.25, -0.2) is 0 Å². The molecule has 4 heterocycles. The van der Waals surface area contributed by atoms with Gasteiger partial charge in [-0.1, -0.05) is 13.8 Å². The van der Waals surface area contributed by atoms with Crippen molar-refractivity contribution in [2.24, 2.45) is 10.8 Å². The fraction of sp³-hybridized carbons (Fsp3) is 0.484. The fourth-order valence-electron chi connectivity index (χ4n) is 7.05. The van der Waals surface area contributed by atoms with Crippen LogP contribution in [0.25, 0.3) is 0 Å². The Hall–Kier alpha value is -3.02. The number of hydrogen-bond donors (Lipinski definition) is 2. The molecule has 0 radical (unpaired) electrons. The van der Waals surface area contributed by atoms with Crippen LogP contribution in [0.1, 0.15) is 54.8 Å². The highest BCUT2D eigenvalue weighted by Gasteiger charge is 2.51. The summed E-state index contributed by atoms with van der Waals surface area (Å²) in [6.45, 7) is 9.38. The number of ether oxygens (including phenoxy) is 4. The number of benzene rings is 2. The quantitative estimate of drug-likeness (QED) is 0.448. The molecular weight excluding hydrogens is 810 g/mol. The molecule has 4 aliphatic heterocycles. The minimum Gasteiger partial charge on any atom is -0.484 e. The zero-order chi connectivity index (χ0) is 32.3. The topological polar surface area (TPSA) is 136 Å². The number of fused-ring (bicyclic) bond motifs is 4. The Morgan fingerprint density at radius 1 is 0.689 bits per heavy atom. The summed E-state index contributed by atoms with van der Waals surface area (Å²) in [5, 5.41) is 5.39. The Bertz CT molecular complexity index is 1470. The van der Waals surface area contributed by atoms with Crippen molar-refractivity contribution in [2.45, 2.75) is 46.6 Å². The number of nitrogens with zero attached hydrogens (tertiary/aromatic N) is 2. The van der Waals surface area contributed by atoms with E-state index in [4.69, 9.17) is 18.9 Å². The van der Waals surface area contributed by atoms with Gasteiger partial charge in [-0.3, -0.25) is 19.2 Å². The number of rotatable bonds is 4. The SMILES string of the molecule is CC(=O)NC1COc2cc(I)c(C(=O)N3CC4(C)CN(C(=O)c5cc6c(cc5I)OCC(NC(C)=O)O6)CC(C)(C3)C4)cc2O1. The van der Waals surface area contributed by atoms with Crippen molar-refractivity contribution in [1.29, 1.82) is 0 Å². The molecule has 2 saturated heterocycles. The maximum Gasteiger partial charge on any atom is 0.255 e. The van der Waals surface area contributed by atoms with E-state index in [9.17, 15) is 19.2 Å². The molecule has 0 aliphatic carbocycles. The minimum absolute atomic E-state index is 0.112. The monoisotopic (exact) mass is 844 g/mol. The number of amides is 4. The predicted molar refractivity (Wildman–Crippen MR) is 178 cm³/mol. The van der Waals surface area contributed by atoms with Crippen molar-refractivity contribution >= 4 is 68.8 Å². The third kappa shape index (κ3) is 6.62. The number of halogens is 2. The van der Waals surface area contributed by atoms with Crippen LogP contribution in [-0.4, -0.2) is 85.3 Å². The molecule has 4 aliphatic rings. The Balaban J connectivity index is 1.20. The van der Waals surface area contributed by atoms with Gasteiger partial charge in [-0.05, 0) is 75.9 Å². The number of likely N-dealkylation sites (tertiary alicyclic amines) is 2. The van der Waals surface area contributed by atoms with E-state index in [2.05, 4.69) is 69.7 Å². The van der Waals surface area contributed by atoms with Crippen LogP contribution in [-0.2, 0) is 9.59 Å². The summed E-state index contributed by atoms with van der Waals surface area (Å²) in [6, 6.07) is 6.96. The largest absolute Gasteiger partial charge is 0.484 e. The Morgan fingerprint density at radius 3 is 1.42 bits per heavy atom. The first-order valence-corrected chi connectivity index (χ1v) is 16.8. The van der Waals surface area contributed by atoms with Crippen molar-refractivity contribution in [3.63, 3.8) is 0 Å². The molecule has 12 nitrogen and oxygen atoms in total. The zero-order valence-electron chi connectivity index (χ0n) is 25.3. The van der Waals surface area contributed by atoms with Crippen LogP contribution in [0.2, 0.25) is 0 Å². The molecule has 14 heteroatoms. The Morgan fingerprint density at radius 2 is 1.07 bits per heavy atom. The maximum absolute atomic E-state index is 14.0. The van der Waals surface area contributed by atoms with Crippen molar-refractivity contribution < 1.29 is 38.1 Å². The summed E-state index contributed by atoms with van der Waals surface area (Å²) in [5.74, 6) is 1.18. The van der Waals surface area contributed by atoms with Gasteiger partial charge in [0.15, 0.2) is 23.0 Å². The minimum atomic E-state index is -0.635. The molecule has 4 amide bonds. The highest BCUT2D eigenvalue weighted by Crippen LogP contribution is 2.47. The molecule has 240 valence electrons. The third-order valence-electron chi connectivity index (χ3n) is 8.29. The summed E-state index contributed by atoms with van der Waals surface area (Å²) in [6.07, 6.45) is -0.393. The average Bonchev–Trinajstić information content (AvgIpc) is 2.94. The van der Waals surface area contributed by atoms with Gasteiger partial charge >= 0.3 is 0 Å². The first-order valence-electron chi connectivity index (χ1n) is 14.6. The molecule has 0 aromatic heterocycles.